The Morgan fingerprint density at radius 3 is 2.62 bits per heavy atom. The Kier molecular flexibility index (Phi) is 5.36. The van der Waals surface area contributed by atoms with Crippen LogP contribution in [0.3, 0.4) is 0 Å². The molecular formula is C27H18ClFN4O3S. The number of rotatable bonds is 3. The van der Waals surface area contributed by atoms with Crippen LogP contribution in [-0.4, -0.2) is 31.2 Å². The van der Waals surface area contributed by atoms with E-state index >= 15 is 4.39 Å². The molecule has 6 rings (SSSR count). The first kappa shape index (κ1) is 23.3. The molecule has 1 amide bonds. The lowest BCUT2D eigenvalue weighted by Crippen LogP contribution is -2.29. The molecule has 0 radical (unpaired) electrons. The minimum absolute atomic E-state index is 0.0538. The highest BCUT2D eigenvalue weighted by Crippen LogP contribution is 2.45. The number of aliphatic hydroxyl groups is 1. The number of fused-ring (bicyclic) bond motifs is 2. The third kappa shape index (κ3) is 3.53. The van der Waals surface area contributed by atoms with Crippen LogP contribution >= 0.6 is 22.9 Å². The van der Waals surface area contributed by atoms with Gasteiger partial charge in [0.05, 0.1) is 21.5 Å². The first-order valence-electron chi connectivity index (χ1n) is 11.3. The van der Waals surface area contributed by atoms with E-state index in [4.69, 9.17) is 11.6 Å². The van der Waals surface area contributed by atoms with E-state index in [0.29, 0.717) is 26.6 Å². The zero-order chi connectivity index (χ0) is 26.0. The number of ketones is 1. The topological polar surface area (TPSA) is 87.8 Å². The van der Waals surface area contributed by atoms with Gasteiger partial charge >= 0.3 is 5.91 Å². The van der Waals surface area contributed by atoms with Crippen molar-refractivity contribution in [2.24, 2.45) is 0 Å². The molecule has 1 atom stereocenters. The molecule has 1 fully saturated rings. The Bertz CT molecular complexity index is 1810. The van der Waals surface area contributed by atoms with Gasteiger partial charge in [-0.3, -0.25) is 14.5 Å². The normalized spacial score (nSPS) is 17.4. The highest BCUT2D eigenvalue weighted by atomic mass is 35.5. The predicted molar refractivity (Wildman–Crippen MR) is 140 cm³/mol. The van der Waals surface area contributed by atoms with Crippen molar-refractivity contribution in [3.63, 3.8) is 0 Å². The van der Waals surface area contributed by atoms with Crippen LogP contribution in [0.2, 0.25) is 5.02 Å². The van der Waals surface area contributed by atoms with E-state index in [1.54, 1.807) is 41.8 Å². The van der Waals surface area contributed by atoms with E-state index in [-0.39, 0.29) is 22.0 Å². The van der Waals surface area contributed by atoms with E-state index < -0.39 is 29.3 Å². The van der Waals surface area contributed by atoms with Gasteiger partial charge in [0.1, 0.15) is 23.2 Å². The molecule has 1 aliphatic rings. The number of aliphatic hydroxyl groups excluding tert-OH is 1. The van der Waals surface area contributed by atoms with Crippen molar-refractivity contribution < 1.29 is 19.1 Å². The molecule has 5 aromatic rings. The predicted octanol–water partition coefficient (Wildman–Crippen LogP) is 5.98. The monoisotopic (exact) mass is 532 g/mol. The maximum absolute atomic E-state index is 15.2. The second-order valence-corrected chi connectivity index (χ2v) is 10.2. The number of halogens is 2. The van der Waals surface area contributed by atoms with Gasteiger partial charge < -0.3 is 9.51 Å². The molecule has 4 heterocycles. The molecule has 0 aliphatic carbocycles. The molecule has 0 spiro atoms. The third-order valence-corrected chi connectivity index (χ3v) is 7.75. The number of aryl methyl sites for hydroxylation is 2. The molecule has 10 heteroatoms. The minimum atomic E-state index is -1.25. The first-order chi connectivity index (χ1) is 17.8. The van der Waals surface area contributed by atoms with Gasteiger partial charge in [0.25, 0.3) is 5.78 Å². The third-order valence-electron chi connectivity index (χ3n) is 6.50. The summed E-state index contributed by atoms with van der Waals surface area (Å²) in [5.41, 5.74) is 2.55. The van der Waals surface area contributed by atoms with Crippen molar-refractivity contribution in [2.45, 2.75) is 19.9 Å². The first-order valence-corrected chi connectivity index (χ1v) is 12.5. The summed E-state index contributed by atoms with van der Waals surface area (Å²) < 4.78 is 17.7. The van der Waals surface area contributed by atoms with Crippen LogP contribution in [0, 0.1) is 19.7 Å². The van der Waals surface area contributed by atoms with Crippen LogP contribution in [0.15, 0.2) is 66.4 Å². The number of thiazole rings is 1. The number of nitrogens with zero attached hydrogens (tertiary/aromatic N) is 4. The van der Waals surface area contributed by atoms with E-state index in [2.05, 4.69) is 9.97 Å². The molecule has 7 nitrogen and oxygen atoms in total. The average molecular weight is 533 g/mol. The van der Waals surface area contributed by atoms with Gasteiger partial charge in [-0.05, 0) is 49.7 Å². The number of anilines is 1. The minimum Gasteiger partial charge on any atom is -0.505 e. The number of benzene rings is 2. The molecule has 2 aromatic carbocycles. The number of amides is 1. The Morgan fingerprint density at radius 2 is 1.86 bits per heavy atom. The smallest absolute Gasteiger partial charge is 0.301 e. The summed E-state index contributed by atoms with van der Waals surface area (Å²) in [4.78, 5) is 37.1. The number of hydrogen-bond donors (Lipinski definition) is 1. The van der Waals surface area contributed by atoms with Gasteiger partial charge in [-0.1, -0.05) is 47.2 Å². The van der Waals surface area contributed by atoms with Crippen LogP contribution in [0.5, 0.6) is 0 Å². The molecule has 37 heavy (non-hydrogen) atoms. The maximum atomic E-state index is 15.2. The number of aromatic nitrogens is 3. The number of hydrogen-bond acceptors (Lipinski definition) is 6. The standard InChI is InChI=1S/C27H18ClFN4O3S/c1-13-6-5-11-32-14(2)21(31-25(13)32)23(34)20-22(16-7-3-4-8-17(16)29)33(26(36)24(20)35)27-30-18-10-9-15(28)12-19(18)37-27/h3-12,22,34H,1-2H3/b23-20+. The number of carbonyl (C=O) groups excluding carboxylic acids is 2. The summed E-state index contributed by atoms with van der Waals surface area (Å²) in [5, 5.41) is 12.2. The number of carbonyl (C=O) groups is 2. The van der Waals surface area contributed by atoms with Gasteiger partial charge in [0.15, 0.2) is 10.9 Å². The molecule has 0 bridgehead atoms. The maximum Gasteiger partial charge on any atom is 0.301 e. The quantitative estimate of drug-likeness (QED) is 0.175. The van der Waals surface area contributed by atoms with Crippen molar-refractivity contribution in [3.05, 3.63) is 99.7 Å². The fourth-order valence-electron chi connectivity index (χ4n) is 4.68. The van der Waals surface area contributed by atoms with E-state index in [1.807, 2.05) is 19.1 Å². The second-order valence-electron chi connectivity index (χ2n) is 8.73. The molecule has 1 N–H and O–H groups in total. The number of Topliss-reactive ketones (excluding diaryl/α,β-unsaturated/α-hetero) is 1. The Balaban J connectivity index is 1.62. The summed E-state index contributed by atoms with van der Waals surface area (Å²) >= 11 is 7.27. The van der Waals surface area contributed by atoms with Crippen LogP contribution in [0.4, 0.5) is 9.52 Å². The summed E-state index contributed by atoms with van der Waals surface area (Å²) in [7, 11) is 0. The summed E-state index contributed by atoms with van der Waals surface area (Å²) in [6, 6.07) is 13.4. The Labute approximate surface area is 219 Å². The lowest BCUT2D eigenvalue weighted by molar-refractivity contribution is -0.132. The van der Waals surface area contributed by atoms with Crippen LogP contribution in [-0.2, 0) is 9.59 Å². The molecule has 1 aliphatic heterocycles. The molecule has 0 saturated carbocycles. The number of pyridine rings is 1. The second kappa shape index (κ2) is 8.50. The van der Waals surface area contributed by atoms with Crippen molar-refractivity contribution in [1.29, 1.82) is 0 Å². The van der Waals surface area contributed by atoms with Crippen molar-refractivity contribution in [2.75, 3.05) is 4.90 Å². The highest BCUT2D eigenvalue weighted by Gasteiger charge is 2.49. The largest absolute Gasteiger partial charge is 0.505 e. The fourth-order valence-corrected chi connectivity index (χ4v) is 5.95. The molecule has 1 saturated heterocycles. The lowest BCUT2D eigenvalue weighted by atomic mass is 9.96. The van der Waals surface area contributed by atoms with Gasteiger partial charge in [-0.2, -0.15) is 0 Å². The van der Waals surface area contributed by atoms with Gasteiger partial charge in [-0.15, -0.1) is 0 Å². The highest BCUT2D eigenvalue weighted by molar-refractivity contribution is 7.22. The van der Waals surface area contributed by atoms with Crippen molar-refractivity contribution in [3.8, 4) is 0 Å². The summed E-state index contributed by atoms with van der Waals surface area (Å²) in [6.45, 7) is 3.63. The molecular weight excluding hydrogens is 515 g/mol. The van der Waals surface area contributed by atoms with E-state index in [0.717, 1.165) is 21.8 Å². The number of imidazole rings is 1. The molecule has 1 unspecified atom stereocenters. The zero-order valence-electron chi connectivity index (χ0n) is 19.6. The zero-order valence-corrected chi connectivity index (χ0v) is 21.1. The van der Waals surface area contributed by atoms with Gasteiger partial charge in [0, 0.05) is 16.8 Å². The van der Waals surface area contributed by atoms with E-state index in [1.165, 1.54) is 18.2 Å². The van der Waals surface area contributed by atoms with Crippen molar-refractivity contribution in [1.82, 2.24) is 14.4 Å². The van der Waals surface area contributed by atoms with Crippen LogP contribution in [0.25, 0.3) is 21.6 Å². The van der Waals surface area contributed by atoms with E-state index in [9.17, 15) is 14.7 Å². The molecule has 3 aromatic heterocycles. The molecule has 184 valence electrons. The lowest BCUT2D eigenvalue weighted by Gasteiger charge is -2.23. The van der Waals surface area contributed by atoms with Gasteiger partial charge in [0.2, 0.25) is 0 Å². The summed E-state index contributed by atoms with van der Waals surface area (Å²) in [6.07, 6.45) is 1.79. The van der Waals surface area contributed by atoms with Crippen LogP contribution in [0.1, 0.15) is 28.6 Å². The average Bonchev–Trinajstić information content (AvgIpc) is 3.52. The Morgan fingerprint density at radius 1 is 1.08 bits per heavy atom. The SMILES string of the molecule is Cc1cccn2c(C)c(/C(O)=C3\C(=O)C(=O)N(c4nc5ccc(Cl)cc5s4)C3c3ccccc3F)nc12. The Hall–Kier alpha value is -4.08. The van der Waals surface area contributed by atoms with Gasteiger partial charge in [-0.25, -0.2) is 14.4 Å². The van der Waals surface area contributed by atoms with Crippen molar-refractivity contribution >= 4 is 61.4 Å². The summed E-state index contributed by atoms with van der Waals surface area (Å²) in [5.74, 6) is -2.97. The fraction of sp³-hybridized carbons (Fsp3) is 0.111. The van der Waals surface area contributed by atoms with Crippen LogP contribution < -0.4 is 4.90 Å².